The number of aromatic amines is 1. The van der Waals surface area contributed by atoms with Gasteiger partial charge in [-0.1, -0.05) is 35.9 Å². The second-order valence-electron chi connectivity index (χ2n) is 7.41. The summed E-state index contributed by atoms with van der Waals surface area (Å²) in [6.45, 7) is 4.56. The lowest BCUT2D eigenvalue weighted by Crippen LogP contribution is -2.43. The minimum absolute atomic E-state index is 0.229. The fourth-order valence-corrected chi connectivity index (χ4v) is 3.81. The maximum atomic E-state index is 12.6. The highest BCUT2D eigenvalue weighted by molar-refractivity contribution is 6.34. The van der Waals surface area contributed by atoms with E-state index in [9.17, 15) is 14.4 Å². The first-order valence-electron chi connectivity index (χ1n) is 9.80. The summed E-state index contributed by atoms with van der Waals surface area (Å²) < 4.78 is 5.18. The summed E-state index contributed by atoms with van der Waals surface area (Å²) in [6.07, 6.45) is 2.02. The maximum absolute atomic E-state index is 12.6. The Balaban J connectivity index is 1.65. The molecule has 0 spiro atoms. The van der Waals surface area contributed by atoms with Crippen molar-refractivity contribution < 1.29 is 19.1 Å². The van der Waals surface area contributed by atoms with E-state index in [-0.39, 0.29) is 12.3 Å². The van der Waals surface area contributed by atoms with Gasteiger partial charge in [0.05, 0.1) is 10.7 Å². The number of amides is 2. The molecule has 0 saturated carbocycles. The van der Waals surface area contributed by atoms with Crippen molar-refractivity contribution in [1.82, 2.24) is 10.3 Å². The molecule has 31 heavy (non-hydrogen) atoms. The molecule has 0 aliphatic heterocycles. The number of hydrogen-bond donors (Lipinski definition) is 3. The third kappa shape index (κ3) is 5.64. The van der Waals surface area contributed by atoms with Gasteiger partial charge in [-0.2, -0.15) is 0 Å². The molecular formula is C23H24ClN3O4. The zero-order valence-corrected chi connectivity index (χ0v) is 18.3. The minimum atomic E-state index is -0.922. The number of nitrogens with one attached hydrogen (secondary N) is 3. The number of aryl methyl sites for hydroxylation is 2. The monoisotopic (exact) mass is 441 g/mol. The summed E-state index contributed by atoms with van der Waals surface area (Å²) >= 11 is 6.20. The van der Waals surface area contributed by atoms with Crippen molar-refractivity contribution in [2.45, 2.75) is 33.2 Å². The van der Waals surface area contributed by atoms with Gasteiger partial charge in [-0.05, 0) is 42.7 Å². The molecular weight excluding hydrogens is 418 g/mol. The second-order valence-corrected chi connectivity index (χ2v) is 7.82. The van der Waals surface area contributed by atoms with E-state index in [1.807, 2.05) is 44.2 Å². The lowest BCUT2D eigenvalue weighted by Gasteiger charge is -2.17. The lowest BCUT2D eigenvalue weighted by atomic mass is 10.0. The second kappa shape index (κ2) is 9.66. The number of carbonyl (C=O) groups is 3. The largest absolute Gasteiger partial charge is 0.454 e. The van der Waals surface area contributed by atoms with Crippen molar-refractivity contribution >= 4 is 46.0 Å². The van der Waals surface area contributed by atoms with Crippen molar-refractivity contribution in [2.75, 3.05) is 11.9 Å². The van der Waals surface area contributed by atoms with Gasteiger partial charge < -0.3 is 20.4 Å². The Labute approximate surface area is 185 Å². The van der Waals surface area contributed by atoms with Gasteiger partial charge in [0, 0.05) is 30.4 Å². The van der Waals surface area contributed by atoms with Gasteiger partial charge in [-0.15, -0.1) is 0 Å². The molecule has 2 amide bonds. The van der Waals surface area contributed by atoms with Crippen LogP contribution in [0.4, 0.5) is 5.69 Å². The van der Waals surface area contributed by atoms with Gasteiger partial charge in [0.25, 0.3) is 5.91 Å². The Morgan fingerprint density at radius 1 is 1.16 bits per heavy atom. The summed E-state index contributed by atoms with van der Waals surface area (Å²) in [5.74, 6) is -1.58. The zero-order valence-electron chi connectivity index (χ0n) is 17.5. The van der Waals surface area contributed by atoms with Gasteiger partial charge in [-0.3, -0.25) is 9.59 Å². The fraction of sp³-hybridized carbons (Fsp3) is 0.261. The Hall–Kier alpha value is -3.32. The van der Waals surface area contributed by atoms with Crippen LogP contribution in [0.15, 0.2) is 42.6 Å². The van der Waals surface area contributed by atoms with Crippen LogP contribution in [0.2, 0.25) is 5.02 Å². The molecule has 3 N–H and O–H groups in total. The Morgan fingerprint density at radius 3 is 2.61 bits per heavy atom. The molecule has 1 heterocycles. The molecule has 0 aliphatic rings. The number of para-hydroxylation sites is 1. The molecule has 7 nitrogen and oxygen atoms in total. The Bertz CT molecular complexity index is 1120. The Morgan fingerprint density at radius 2 is 1.90 bits per heavy atom. The average molecular weight is 442 g/mol. The number of H-pyrrole nitrogens is 1. The number of fused-ring (bicyclic) bond motifs is 1. The summed E-state index contributed by atoms with van der Waals surface area (Å²) in [5, 5.41) is 6.63. The minimum Gasteiger partial charge on any atom is -0.454 e. The quantitative estimate of drug-likeness (QED) is 0.487. The average Bonchev–Trinajstić information content (AvgIpc) is 3.11. The molecule has 0 bridgehead atoms. The number of carbonyl (C=O) groups excluding carboxylic acids is 3. The zero-order chi connectivity index (χ0) is 22.5. The van der Waals surface area contributed by atoms with E-state index < -0.39 is 24.5 Å². The molecule has 0 radical (unpaired) electrons. The molecule has 0 fully saturated rings. The molecule has 8 heteroatoms. The number of benzene rings is 2. The molecule has 162 valence electrons. The number of rotatable bonds is 7. The van der Waals surface area contributed by atoms with E-state index in [0.717, 1.165) is 27.6 Å². The molecule has 2 aromatic carbocycles. The van der Waals surface area contributed by atoms with Crippen LogP contribution < -0.4 is 10.6 Å². The van der Waals surface area contributed by atoms with Gasteiger partial charge in [-0.25, -0.2) is 4.79 Å². The van der Waals surface area contributed by atoms with E-state index >= 15 is 0 Å². The highest BCUT2D eigenvalue weighted by atomic mass is 35.5. The van der Waals surface area contributed by atoms with Crippen LogP contribution in [0, 0.1) is 13.8 Å². The van der Waals surface area contributed by atoms with Crippen molar-refractivity contribution in [2.24, 2.45) is 0 Å². The van der Waals surface area contributed by atoms with Crippen molar-refractivity contribution in [3.05, 3.63) is 64.3 Å². The number of anilines is 1. The van der Waals surface area contributed by atoms with E-state index in [1.165, 1.54) is 6.92 Å². The predicted octanol–water partition coefficient (Wildman–Crippen LogP) is 3.67. The molecule has 3 rings (SSSR count). The van der Waals surface area contributed by atoms with Crippen molar-refractivity contribution in [1.29, 1.82) is 0 Å². The highest BCUT2D eigenvalue weighted by Crippen LogP contribution is 2.27. The lowest BCUT2D eigenvalue weighted by molar-refractivity contribution is -0.150. The third-order valence-corrected chi connectivity index (χ3v) is 5.10. The van der Waals surface area contributed by atoms with Gasteiger partial charge >= 0.3 is 5.97 Å². The fourth-order valence-electron chi connectivity index (χ4n) is 3.45. The van der Waals surface area contributed by atoms with Crippen LogP contribution in [0.1, 0.15) is 23.6 Å². The Kier molecular flexibility index (Phi) is 6.97. The molecule has 1 aromatic heterocycles. The van der Waals surface area contributed by atoms with Crippen molar-refractivity contribution in [3.8, 4) is 0 Å². The topological polar surface area (TPSA) is 100 Å². The maximum Gasteiger partial charge on any atom is 0.329 e. The SMILES string of the molecule is CC(=O)N[C@@H](Cc1c[nH]c2ccccc12)C(=O)OCC(=O)Nc1c(C)cc(C)cc1Cl. The molecule has 0 saturated heterocycles. The normalized spacial score (nSPS) is 11.7. The van der Waals surface area contributed by atoms with Crippen LogP contribution in [0.25, 0.3) is 10.9 Å². The number of ether oxygens (including phenoxy) is 1. The van der Waals surface area contributed by atoms with Crippen LogP contribution in [0.3, 0.4) is 0 Å². The van der Waals surface area contributed by atoms with E-state index in [2.05, 4.69) is 15.6 Å². The number of halogens is 1. The predicted molar refractivity (Wildman–Crippen MR) is 120 cm³/mol. The first kappa shape index (κ1) is 22.4. The van der Waals surface area contributed by atoms with E-state index in [1.54, 1.807) is 12.3 Å². The van der Waals surface area contributed by atoms with Crippen LogP contribution >= 0.6 is 11.6 Å². The third-order valence-electron chi connectivity index (χ3n) is 4.80. The number of aromatic nitrogens is 1. The summed E-state index contributed by atoms with van der Waals surface area (Å²) in [7, 11) is 0. The van der Waals surface area contributed by atoms with Gasteiger partial charge in [0.15, 0.2) is 6.61 Å². The smallest absolute Gasteiger partial charge is 0.329 e. The van der Waals surface area contributed by atoms with Crippen LogP contribution in [0.5, 0.6) is 0 Å². The van der Waals surface area contributed by atoms with E-state index in [0.29, 0.717) is 10.7 Å². The standard InChI is InChI=1S/C23H24ClN3O4/c1-13-8-14(2)22(18(24)9-13)27-21(29)12-31-23(30)20(26-15(3)28)10-16-11-25-19-7-5-4-6-17(16)19/h4-9,11,20,25H,10,12H2,1-3H3,(H,26,28)(H,27,29)/t20-/m0/s1. The summed E-state index contributed by atoms with van der Waals surface area (Å²) in [4.78, 5) is 39.7. The van der Waals surface area contributed by atoms with Crippen molar-refractivity contribution in [3.63, 3.8) is 0 Å². The highest BCUT2D eigenvalue weighted by Gasteiger charge is 2.24. The summed E-state index contributed by atoms with van der Waals surface area (Å²) in [6, 6.07) is 10.4. The first-order valence-corrected chi connectivity index (χ1v) is 10.2. The molecule has 0 unspecified atom stereocenters. The summed E-state index contributed by atoms with van der Waals surface area (Å²) in [5.41, 5.74) is 4.04. The molecule has 1 atom stereocenters. The van der Waals surface area contributed by atoms with Crippen LogP contribution in [-0.2, 0) is 25.5 Å². The first-order chi connectivity index (χ1) is 14.7. The molecule has 3 aromatic rings. The van der Waals surface area contributed by atoms with Crippen LogP contribution in [-0.4, -0.2) is 35.4 Å². The van der Waals surface area contributed by atoms with Gasteiger partial charge in [0.2, 0.25) is 5.91 Å². The number of esters is 1. The number of hydrogen-bond acceptors (Lipinski definition) is 4. The molecule has 0 aliphatic carbocycles. The van der Waals surface area contributed by atoms with E-state index in [4.69, 9.17) is 16.3 Å². The van der Waals surface area contributed by atoms with Gasteiger partial charge in [0.1, 0.15) is 6.04 Å².